The Morgan fingerprint density at radius 3 is 2.55 bits per heavy atom. The lowest BCUT2D eigenvalue weighted by atomic mass is 10.2. The molecule has 1 amide bonds. The normalized spacial score (nSPS) is 9.86. The average molecular weight is 316 g/mol. The predicted molar refractivity (Wildman–Crippen MR) is 89.4 cm³/mol. The van der Waals surface area contributed by atoms with Gasteiger partial charge in [-0.15, -0.1) is 0 Å². The average Bonchev–Trinajstić information content (AvgIpc) is 2.50. The summed E-state index contributed by atoms with van der Waals surface area (Å²) in [6, 6.07) is 13.3. The number of phenolic OH excluding ortho intramolecular Hbond substituents is 1. The second kappa shape index (κ2) is 7.42. The fourth-order valence-corrected chi connectivity index (χ4v) is 2.02. The minimum Gasteiger partial charge on any atom is -0.508 e. The van der Waals surface area contributed by atoms with Crippen LogP contribution in [-0.4, -0.2) is 22.7 Å². The van der Waals surface area contributed by atoms with Crippen LogP contribution in [0.25, 0.3) is 0 Å². The Bertz CT molecular complexity index is 671. The van der Waals surface area contributed by atoms with Crippen LogP contribution in [-0.2, 0) is 0 Å². The molecule has 0 aromatic heterocycles. The molecule has 0 aliphatic rings. The van der Waals surface area contributed by atoms with E-state index < -0.39 is 0 Å². The smallest absolute Gasteiger partial charge is 0.261 e. The molecule has 0 aliphatic carbocycles. The molecular weight excluding hydrogens is 300 g/mol. The SMILES string of the molecule is CCOc1ccccc1C(=O)NC(=S)Nc1ccc(O)cc1. The van der Waals surface area contributed by atoms with E-state index in [0.29, 0.717) is 23.6 Å². The number of carbonyl (C=O) groups is 1. The number of para-hydroxylation sites is 1. The third-order valence-corrected chi connectivity index (χ3v) is 2.99. The van der Waals surface area contributed by atoms with Crippen LogP contribution in [0.1, 0.15) is 17.3 Å². The lowest BCUT2D eigenvalue weighted by Crippen LogP contribution is -2.34. The number of thiocarbonyl (C=S) groups is 1. The minimum atomic E-state index is -0.347. The minimum absolute atomic E-state index is 0.158. The first-order valence-corrected chi connectivity index (χ1v) is 7.14. The van der Waals surface area contributed by atoms with E-state index in [1.807, 2.05) is 6.92 Å². The maximum atomic E-state index is 12.2. The predicted octanol–water partition coefficient (Wildman–Crippen LogP) is 2.92. The second-order valence-corrected chi connectivity index (χ2v) is 4.79. The van der Waals surface area contributed by atoms with Gasteiger partial charge in [0.15, 0.2) is 5.11 Å². The van der Waals surface area contributed by atoms with Gasteiger partial charge in [0.05, 0.1) is 12.2 Å². The molecule has 0 atom stereocenters. The summed E-state index contributed by atoms with van der Waals surface area (Å²) < 4.78 is 5.42. The molecular formula is C16H16N2O3S. The van der Waals surface area contributed by atoms with E-state index >= 15 is 0 Å². The van der Waals surface area contributed by atoms with Crippen LogP contribution < -0.4 is 15.4 Å². The van der Waals surface area contributed by atoms with Crippen LogP contribution in [0.15, 0.2) is 48.5 Å². The van der Waals surface area contributed by atoms with Crippen molar-refractivity contribution in [1.82, 2.24) is 5.32 Å². The van der Waals surface area contributed by atoms with Gasteiger partial charge in [0.2, 0.25) is 0 Å². The van der Waals surface area contributed by atoms with Crippen LogP contribution in [0.4, 0.5) is 5.69 Å². The molecule has 0 bridgehead atoms. The van der Waals surface area contributed by atoms with E-state index in [9.17, 15) is 9.90 Å². The molecule has 0 fully saturated rings. The maximum absolute atomic E-state index is 12.2. The molecule has 114 valence electrons. The highest BCUT2D eigenvalue weighted by Crippen LogP contribution is 2.18. The molecule has 3 N–H and O–H groups in total. The number of aromatic hydroxyl groups is 1. The Kier molecular flexibility index (Phi) is 5.32. The highest BCUT2D eigenvalue weighted by atomic mass is 32.1. The first kappa shape index (κ1) is 15.8. The third kappa shape index (κ3) is 4.20. The summed E-state index contributed by atoms with van der Waals surface area (Å²) in [5.41, 5.74) is 1.08. The zero-order valence-electron chi connectivity index (χ0n) is 12.0. The van der Waals surface area contributed by atoms with E-state index in [2.05, 4.69) is 10.6 Å². The molecule has 2 aromatic carbocycles. The van der Waals surface area contributed by atoms with Crippen molar-refractivity contribution in [2.75, 3.05) is 11.9 Å². The molecule has 6 heteroatoms. The number of benzene rings is 2. The summed E-state index contributed by atoms with van der Waals surface area (Å²) in [4.78, 5) is 12.2. The number of hydrogen-bond acceptors (Lipinski definition) is 4. The Hall–Kier alpha value is -2.60. The number of hydrogen-bond donors (Lipinski definition) is 3. The quantitative estimate of drug-likeness (QED) is 0.597. The standard InChI is InChI=1S/C16H16N2O3S/c1-2-21-14-6-4-3-5-13(14)15(20)18-16(22)17-11-7-9-12(19)10-8-11/h3-10,19H,2H2,1H3,(H2,17,18,20,22). The second-order valence-electron chi connectivity index (χ2n) is 4.38. The fraction of sp³-hybridized carbons (Fsp3) is 0.125. The van der Waals surface area contributed by atoms with Gasteiger partial charge in [0.25, 0.3) is 5.91 Å². The molecule has 0 unspecified atom stereocenters. The van der Waals surface area contributed by atoms with Gasteiger partial charge in [0.1, 0.15) is 11.5 Å². The summed E-state index contributed by atoms with van der Waals surface area (Å²) in [5, 5.41) is 14.9. The van der Waals surface area contributed by atoms with Crippen molar-refractivity contribution in [2.24, 2.45) is 0 Å². The molecule has 0 spiro atoms. The third-order valence-electron chi connectivity index (χ3n) is 2.78. The summed E-state index contributed by atoms with van der Waals surface area (Å²) >= 11 is 5.11. The van der Waals surface area contributed by atoms with Gasteiger partial charge in [-0.1, -0.05) is 12.1 Å². The zero-order valence-corrected chi connectivity index (χ0v) is 12.8. The number of rotatable bonds is 4. The van der Waals surface area contributed by atoms with Crippen molar-refractivity contribution >= 4 is 28.9 Å². The molecule has 2 rings (SSSR count). The molecule has 2 aromatic rings. The van der Waals surface area contributed by atoms with Crippen molar-refractivity contribution in [2.45, 2.75) is 6.92 Å². The Morgan fingerprint density at radius 2 is 1.86 bits per heavy atom. The summed E-state index contributed by atoms with van der Waals surface area (Å²) in [6.45, 7) is 2.33. The van der Waals surface area contributed by atoms with E-state index in [1.165, 1.54) is 12.1 Å². The van der Waals surface area contributed by atoms with E-state index in [4.69, 9.17) is 17.0 Å². The highest BCUT2D eigenvalue weighted by Gasteiger charge is 2.13. The van der Waals surface area contributed by atoms with Gasteiger partial charge in [-0.2, -0.15) is 0 Å². The van der Waals surface area contributed by atoms with Gasteiger partial charge in [-0.05, 0) is 55.5 Å². The summed E-state index contributed by atoms with van der Waals surface area (Å²) in [5.74, 6) is 0.321. The first-order valence-electron chi connectivity index (χ1n) is 6.73. The number of anilines is 1. The Labute approximate surface area is 133 Å². The monoisotopic (exact) mass is 316 g/mol. The Balaban J connectivity index is 2.02. The highest BCUT2D eigenvalue weighted by molar-refractivity contribution is 7.80. The number of amides is 1. The molecule has 0 heterocycles. The molecule has 5 nitrogen and oxygen atoms in total. The van der Waals surface area contributed by atoms with Crippen molar-refractivity contribution in [3.05, 3.63) is 54.1 Å². The molecule has 0 saturated carbocycles. The maximum Gasteiger partial charge on any atom is 0.261 e. The Morgan fingerprint density at radius 1 is 1.18 bits per heavy atom. The topological polar surface area (TPSA) is 70.6 Å². The molecule has 0 saturated heterocycles. The number of nitrogens with one attached hydrogen (secondary N) is 2. The van der Waals surface area contributed by atoms with Gasteiger partial charge in [0, 0.05) is 5.69 Å². The van der Waals surface area contributed by atoms with Crippen LogP contribution in [0.3, 0.4) is 0 Å². The largest absolute Gasteiger partial charge is 0.508 e. The summed E-state index contributed by atoms with van der Waals surface area (Å²) in [6.07, 6.45) is 0. The summed E-state index contributed by atoms with van der Waals surface area (Å²) in [7, 11) is 0. The molecule has 0 aliphatic heterocycles. The van der Waals surface area contributed by atoms with Gasteiger partial charge >= 0.3 is 0 Å². The first-order chi connectivity index (χ1) is 10.6. The van der Waals surface area contributed by atoms with Gasteiger partial charge in [-0.25, -0.2) is 0 Å². The van der Waals surface area contributed by atoms with Crippen LogP contribution in [0, 0.1) is 0 Å². The fourth-order valence-electron chi connectivity index (χ4n) is 1.81. The van der Waals surface area contributed by atoms with Crippen molar-refractivity contribution in [3.8, 4) is 11.5 Å². The molecule has 0 radical (unpaired) electrons. The van der Waals surface area contributed by atoms with Gasteiger partial charge < -0.3 is 15.2 Å². The van der Waals surface area contributed by atoms with Crippen molar-refractivity contribution in [3.63, 3.8) is 0 Å². The lowest BCUT2D eigenvalue weighted by Gasteiger charge is -2.12. The van der Waals surface area contributed by atoms with Crippen LogP contribution in [0.5, 0.6) is 11.5 Å². The van der Waals surface area contributed by atoms with Crippen LogP contribution in [0.2, 0.25) is 0 Å². The van der Waals surface area contributed by atoms with Crippen LogP contribution >= 0.6 is 12.2 Å². The van der Waals surface area contributed by atoms with E-state index in [-0.39, 0.29) is 16.8 Å². The van der Waals surface area contributed by atoms with E-state index in [0.717, 1.165) is 0 Å². The number of carbonyl (C=O) groups excluding carboxylic acids is 1. The zero-order chi connectivity index (χ0) is 15.9. The van der Waals surface area contributed by atoms with E-state index in [1.54, 1.807) is 36.4 Å². The molecule has 22 heavy (non-hydrogen) atoms. The van der Waals surface area contributed by atoms with Crippen molar-refractivity contribution in [1.29, 1.82) is 0 Å². The number of ether oxygens (including phenoxy) is 1. The van der Waals surface area contributed by atoms with Gasteiger partial charge in [-0.3, -0.25) is 10.1 Å². The lowest BCUT2D eigenvalue weighted by molar-refractivity contribution is 0.0974. The number of phenols is 1. The van der Waals surface area contributed by atoms with Crippen molar-refractivity contribution < 1.29 is 14.6 Å².